The van der Waals surface area contributed by atoms with Gasteiger partial charge in [0.05, 0.1) is 11.2 Å². The minimum absolute atomic E-state index is 0.00284. The third-order valence-corrected chi connectivity index (χ3v) is 3.04. The van der Waals surface area contributed by atoms with Gasteiger partial charge in [0.2, 0.25) is 11.7 Å². The molecule has 0 aliphatic carbocycles. The monoisotopic (exact) mass is 268 g/mol. The van der Waals surface area contributed by atoms with E-state index < -0.39 is 11.6 Å². The zero-order chi connectivity index (χ0) is 13.4. The van der Waals surface area contributed by atoms with E-state index in [1.807, 2.05) is 0 Å². The van der Waals surface area contributed by atoms with Crippen molar-refractivity contribution in [1.29, 1.82) is 0 Å². The second-order valence-corrected chi connectivity index (χ2v) is 4.27. The predicted molar refractivity (Wildman–Crippen MR) is 64.5 cm³/mol. The summed E-state index contributed by atoms with van der Waals surface area (Å²) in [4.78, 5) is 12.1. The van der Waals surface area contributed by atoms with E-state index in [4.69, 9.17) is 11.6 Å². The van der Waals surface area contributed by atoms with Gasteiger partial charge in [-0.05, 0) is 18.6 Å². The van der Waals surface area contributed by atoms with Crippen molar-refractivity contribution in [2.24, 2.45) is 7.05 Å². The Morgan fingerprint density at radius 1 is 1.44 bits per heavy atom. The predicted octanol–water partition coefficient (Wildman–Crippen LogP) is 2.46. The standard InChI is InChI=1S/C12H10ClFN2O2/c1-6-3-4-7(9(13)10(6)14)11(17)8-5-15-16(2)12(8)18/h3-5,18H,1-2H3. The van der Waals surface area contributed by atoms with Gasteiger partial charge >= 0.3 is 0 Å². The molecule has 1 heterocycles. The van der Waals surface area contributed by atoms with Crippen LogP contribution in [0, 0.1) is 12.7 Å². The van der Waals surface area contributed by atoms with Crippen molar-refractivity contribution in [2.45, 2.75) is 6.92 Å². The molecule has 2 rings (SSSR count). The maximum absolute atomic E-state index is 13.6. The van der Waals surface area contributed by atoms with Gasteiger partial charge in [-0.15, -0.1) is 0 Å². The fraction of sp³-hybridized carbons (Fsp3) is 0.167. The summed E-state index contributed by atoms with van der Waals surface area (Å²) in [7, 11) is 1.49. The van der Waals surface area contributed by atoms with Crippen molar-refractivity contribution in [2.75, 3.05) is 0 Å². The molecule has 0 bridgehead atoms. The first-order valence-corrected chi connectivity index (χ1v) is 5.51. The van der Waals surface area contributed by atoms with E-state index in [1.165, 1.54) is 25.4 Å². The summed E-state index contributed by atoms with van der Waals surface area (Å²) < 4.78 is 14.8. The molecule has 1 N–H and O–H groups in total. The van der Waals surface area contributed by atoms with Gasteiger partial charge < -0.3 is 5.11 Å². The van der Waals surface area contributed by atoms with E-state index in [9.17, 15) is 14.3 Å². The van der Waals surface area contributed by atoms with E-state index in [-0.39, 0.29) is 22.0 Å². The number of ketones is 1. The first-order chi connectivity index (χ1) is 8.43. The summed E-state index contributed by atoms with van der Waals surface area (Å²) in [5.41, 5.74) is 0.345. The molecular weight excluding hydrogens is 259 g/mol. The molecule has 0 unspecified atom stereocenters. The van der Waals surface area contributed by atoms with Crippen molar-refractivity contribution in [3.05, 3.63) is 45.9 Å². The number of halogens is 2. The fourth-order valence-corrected chi connectivity index (χ4v) is 1.86. The highest BCUT2D eigenvalue weighted by atomic mass is 35.5. The number of aromatic nitrogens is 2. The van der Waals surface area contributed by atoms with Gasteiger partial charge in [-0.2, -0.15) is 5.10 Å². The molecule has 94 valence electrons. The van der Waals surface area contributed by atoms with Gasteiger partial charge in [0.1, 0.15) is 11.4 Å². The Kier molecular flexibility index (Phi) is 3.09. The lowest BCUT2D eigenvalue weighted by atomic mass is 10.0. The number of hydrogen-bond donors (Lipinski definition) is 1. The number of aromatic hydroxyl groups is 1. The molecule has 0 fully saturated rings. The van der Waals surface area contributed by atoms with Crippen molar-refractivity contribution >= 4 is 17.4 Å². The average Bonchev–Trinajstić information content (AvgIpc) is 2.67. The molecule has 0 spiro atoms. The van der Waals surface area contributed by atoms with Crippen LogP contribution in [0.4, 0.5) is 4.39 Å². The number of benzene rings is 1. The molecule has 0 radical (unpaired) electrons. The van der Waals surface area contributed by atoms with Gasteiger partial charge in [-0.1, -0.05) is 17.7 Å². The molecular formula is C12H10ClFN2O2. The van der Waals surface area contributed by atoms with Gasteiger partial charge in [0, 0.05) is 12.6 Å². The smallest absolute Gasteiger partial charge is 0.220 e. The summed E-state index contributed by atoms with van der Waals surface area (Å²) >= 11 is 5.80. The number of nitrogens with zero attached hydrogens (tertiary/aromatic N) is 2. The Hall–Kier alpha value is -1.88. The lowest BCUT2D eigenvalue weighted by molar-refractivity contribution is 0.103. The quantitative estimate of drug-likeness (QED) is 0.851. The highest BCUT2D eigenvalue weighted by Crippen LogP contribution is 2.27. The van der Waals surface area contributed by atoms with Crippen molar-refractivity contribution < 1.29 is 14.3 Å². The van der Waals surface area contributed by atoms with Crippen LogP contribution in [0.3, 0.4) is 0 Å². The van der Waals surface area contributed by atoms with Crippen molar-refractivity contribution in [3.8, 4) is 5.88 Å². The molecule has 1 aromatic carbocycles. The molecule has 1 aromatic heterocycles. The Balaban J connectivity index is 2.54. The van der Waals surface area contributed by atoms with Crippen LogP contribution in [0.1, 0.15) is 21.5 Å². The Morgan fingerprint density at radius 3 is 2.67 bits per heavy atom. The second kappa shape index (κ2) is 4.42. The van der Waals surface area contributed by atoms with Gasteiger partial charge in [-0.25, -0.2) is 9.07 Å². The van der Waals surface area contributed by atoms with Crippen LogP contribution in [-0.4, -0.2) is 20.7 Å². The first kappa shape index (κ1) is 12.6. The molecule has 0 saturated carbocycles. The molecule has 18 heavy (non-hydrogen) atoms. The molecule has 0 aliphatic heterocycles. The fourth-order valence-electron chi connectivity index (χ4n) is 1.56. The van der Waals surface area contributed by atoms with Crippen molar-refractivity contribution in [1.82, 2.24) is 9.78 Å². The summed E-state index contributed by atoms with van der Waals surface area (Å²) in [6.07, 6.45) is 1.21. The summed E-state index contributed by atoms with van der Waals surface area (Å²) in [5.74, 6) is -1.48. The summed E-state index contributed by atoms with van der Waals surface area (Å²) in [6, 6.07) is 2.89. The number of rotatable bonds is 2. The summed E-state index contributed by atoms with van der Waals surface area (Å²) in [6.45, 7) is 1.55. The zero-order valence-electron chi connectivity index (χ0n) is 9.74. The Morgan fingerprint density at radius 2 is 2.11 bits per heavy atom. The third kappa shape index (κ3) is 1.86. The molecule has 0 saturated heterocycles. The highest BCUT2D eigenvalue weighted by Gasteiger charge is 2.21. The molecule has 2 aromatic rings. The molecule has 0 amide bonds. The van der Waals surface area contributed by atoms with Crippen LogP contribution in [0.2, 0.25) is 5.02 Å². The highest BCUT2D eigenvalue weighted by molar-refractivity contribution is 6.35. The van der Waals surface area contributed by atoms with Crippen LogP contribution in [0.5, 0.6) is 5.88 Å². The SMILES string of the molecule is Cc1ccc(C(=O)c2cnn(C)c2O)c(Cl)c1F. The van der Waals surface area contributed by atoms with E-state index in [1.54, 1.807) is 6.92 Å². The number of aryl methyl sites for hydroxylation is 2. The van der Waals surface area contributed by atoms with E-state index in [0.717, 1.165) is 4.68 Å². The number of carbonyl (C=O) groups excluding carboxylic acids is 1. The second-order valence-electron chi connectivity index (χ2n) is 3.89. The average molecular weight is 269 g/mol. The van der Waals surface area contributed by atoms with E-state index in [0.29, 0.717) is 5.56 Å². The zero-order valence-corrected chi connectivity index (χ0v) is 10.5. The normalized spacial score (nSPS) is 10.7. The van der Waals surface area contributed by atoms with Gasteiger partial charge in [-0.3, -0.25) is 4.79 Å². The molecule has 0 aliphatic rings. The maximum Gasteiger partial charge on any atom is 0.220 e. The third-order valence-electron chi connectivity index (χ3n) is 2.67. The van der Waals surface area contributed by atoms with Crippen molar-refractivity contribution in [3.63, 3.8) is 0 Å². The minimum Gasteiger partial charge on any atom is -0.493 e. The summed E-state index contributed by atoms with van der Waals surface area (Å²) in [5, 5.41) is 13.1. The lowest BCUT2D eigenvalue weighted by Gasteiger charge is -2.05. The Labute approximate surface area is 108 Å². The van der Waals surface area contributed by atoms with Crippen LogP contribution >= 0.6 is 11.6 Å². The Bertz CT molecular complexity index is 637. The maximum atomic E-state index is 13.6. The number of hydrogen-bond acceptors (Lipinski definition) is 3. The molecule has 4 nitrogen and oxygen atoms in total. The van der Waals surface area contributed by atoms with Gasteiger partial charge in [0.15, 0.2) is 0 Å². The minimum atomic E-state index is -0.633. The van der Waals surface area contributed by atoms with Crippen LogP contribution in [0.25, 0.3) is 0 Å². The van der Waals surface area contributed by atoms with E-state index >= 15 is 0 Å². The molecule has 6 heteroatoms. The van der Waals surface area contributed by atoms with Gasteiger partial charge in [0.25, 0.3) is 0 Å². The largest absolute Gasteiger partial charge is 0.493 e. The van der Waals surface area contributed by atoms with E-state index in [2.05, 4.69) is 5.10 Å². The first-order valence-electron chi connectivity index (χ1n) is 5.13. The molecule has 0 atom stereocenters. The van der Waals surface area contributed by atoms with Crippen LogP contribution < -0.4 is 0 Å². The topological polar surface area (TPSA) is 55.1 Å². The van der Waals surface area contributed by atoms with Crippen LogP contribution in [-0.2, 0) is 7.05 Å². The lowest BCUT2D eigenvalue weighted by Crippen LogP contribution is -2.04. The number of carbonyl (C=O) groups is 1. The van der Waals surface area contributed by atoms with Crippen LogP contribution in [0.15, 0.2) is 18.3 Å².